The van der Waals surface area contributed by atoms with E-state index in [4.69, 9.17) is 0 Å². The number of halogens is 2. The third-order valence-electron chi connectivity index (χ3n) is 2.28. The lowest BCUT2D eigenvalue weighted by atomic mass is 10.2. The van der Waals surface area contributed by atoms with Crippen LogP contribution in [0.4, 0.5) is 0 Å². The molecule has 1 aromatic rings. The normalized spacial score (nSPS) is 25.8. The highest BCUT2D eigenvalue weighted by Crippen LogP contribution is 2.48. The van der Waals surface area contributed by atoms with Gasteiger partial charge in [-0.2, -0.15) is 0 Å². The molecule has 0 N–H and O–H groups in total. The maximum atomic E-state index is 4.34. The van der Waals surface area contributed by atoms with Crippen LogP contribution >= 0.6 is 31.9 Å². The van der Waals surface area contributed by atoms with Gasteiger partial charge in [-0.3, -0.25) is 0 Å². The van der Waals surface area contributed by atoms with Crippen molar-refractivity contribution in [2.75, 3.05) is 0 Å². The minimum absolute atomic E-state index is 0.631. The number of nitrogens with zero attached hydrogens (tertiary/aromatic N) is 2. The van der Waals surface area contributed by atoms with Crippen LogP contribution in [0.1, 0.15) is 18.0 Å². The number of rotatable bonds is 2. The fraction of sp³-hybridized carbons (Fsp3) is 0.444. The summed E-state index contributed by atoms with van der Waals surface area (Å²) in [6.07, 6.45) is 7.37. The first-order valence-electron chi connectivity index (χ1n) is 4.17. The highest BCUT2D eigenvalue weighted by Gasteiger charge is 2.38. The number of aryl methyl sites for hydroxylation is 1. The predicted octanol–water partition coefficient (Wildman–Crippen LogP) is 3.15. The molecule has 0 amide bonds. The molecule has 4 heteroatoms. The molecule has 1 fully saturated rings. The molecule has 2 rings (SSSR count). The van der Waals surface area contributed by atoms with Crippen LogP contribution in [0.2, 0.25) is 0 Å². The van der Waals surface area contributed by atoms with Crippen molar-refractivity contribution in [3.63, 3.8) is 0 Å². The zero-order chi connectivity index (χ0) is 9.42. The molecular weight excluding hydrogens is 296 g/mol. The third-order valence-corrected chi connectivity index (χ3v) is 2.81. The topological polar surface area (TPSA) is 17.8 Å². The van der Waals surface area contributed by atoms with Gasteiger partial charge in [0.1, 0.15) is 0 Å². The Morgan fingerprint density at radius 2 is 2.46 bits per heavy atom. The Hall–Kier alpha value is -0.0900. The van der Waals surface area contributed by atoms with Crippen LogP contribution in [0.15, 0.2) is 22.0 Å². The highest BCUT2D eigenvalue weighted by molar-refractivity contribution is 9.28. The number of aromatic nitrogens is 2. The van der Waals surface area contributed by atoms with Gasteiger partial charge in [-0.25, -0.2) is 4.98 Å². The smallest absolute Gasteiger partial charge is 0.0946 e. The molecule has 0 aromatic carbocycles. The van der Waals surface area contributed by atoms with Crippen molar-refractivity contribution in [1.29, 1.82) is 0 Å². The Morgan fingerprint density at radius 1 is 1.69 bits per heavy atom. The van der Waals surface area contributed by atoms with Crippen molar-refractivity contribution in [3.05, 3.63) is 27.7 Å². The van der Waals surface area contributed by atoms with Crippen molar-refractivity contribution >= 4 is 31.9 Å². The summed E-state index contributed by atoms with van der Waals surface area (Å²) in [5.74, 6) is 1.29. The van der Waals surface area contributed by atoms with Crippen molar-refractivity contribution in [1.82, 2.24) is 9.55 Å². The lowest BCUT2D eigenvalue weighted by Crippen LogP contribution is -1.81. The Bertz CT molecular complexity index is 339. The van der Waals surface area contributed by atoms with Gasteiger partial charge in [-0.05, 0) is 44.2 Å². The number of hydrogen-bond donors (Lipinski definition) is 0. The summed E-state index contributed by atoms with van der Waals surface area (Å²) >= 11 is 6.74. The van der Waals surface area contributed by atoms with E-state index in [1.165, 1.54) is 12.1 Å². The quantitative estimate of drug-likeness (QED) is 0.821. The molecule has 1 aliphatic carbocycles. The molecule has 13 heavy (non-hydrogen) atoms. The van der Waals surface area contributed by atoms with E-state index in [1.54, 1.807) is 0 Å². The summed E-state index contributed by atoms with van der Waals surface area (Å²) in [5, 5.41) is 0. The molecule has 1 saturated carbocycles. The van der Waals surface area contributed by atoms with Crippen LogP contribution in [-0.2, 0) is 7.05 Å². The van der Waals surface area contributed by atoms with Gasteiger partial charge in [0.25, 0.3) is 0 Å². The van der Waals surface area contributed by atoms with Crippen LogP contribution in [-0.4, -0.2) is 9.55 Å². The van der Waals surface area contributed by atoms with Crippen LogP contribution in [0.25, 0.3) is 0 Å². The van der Waals surface area contributed by atoms with Crippen LogP contribution in [0, 0.1) is 5.92 Å². The maximum Gasteiger partial charge on any atom is 0.0946 e. The van der Waals surface area contributed by atoms with Gasteiger partial charge in [0.05, 0.1) is 15.4 Å². The zero-order valence-electron chi connectivity index (χ0n) is 7.24. The van der Waals surface area contributed by atoms with E-state index in [2.05, 4.69) is 49.1 Å². The first-order chi connectivity index (χ1) is 6.16. The Labute approximate surface area is 94.3 Å². The maximum absolute atomic E-state index is 4.34. The molecule has 1 unspecified atom stereocenters. The summed E-state index contributed by atoms with van der Waals surface area (Å²) < 4.78 is 3.04. The van der Waals surface area contributed by atoms with E-state index in [-0.39, 0.29) is 0 Å². The molecule has 2 atom stereocenters. The van der Waals surface area contributed by atoms with Gasteiger partial charge in [0.15, 0.2) is 0 Å². The monoisotopic (exact) mass is 304 g/mol. The Kier molecular flexibility index (Phi) is 2.60. The molecule has 0 radical (unpaired) electrons. The standard InChI is InChI=1S/C9H10Br2N2/c1-13-4-8(12-5-13)7-2-6(7)3-9(10)11/h3-7H,2H2,1H3/t6?,7-/m1/s1. The molecule has 0 bridgehead atoms. The van der Waals surface area contributed by atoms with Crippen LogP contribution < -0.4 is 0 Å². The largest absolute Gasteiger partial charge is 0.340 e. The molecule has 1 aliphatic rings. The summed E-state index contributed by atoms with van der Waals surface area (Å²) in [5.41, 5.74) is 1.21. The fourth-order valence-corrected chi connectivity index (χ4v) is 2.20. The lowest BCUT2D eigenvalue weighted by Gasteiger charge is -1.89. The number of hydrogen-bond acceptors (Lipinski definition) is 1. The van der Waals surface area contributed by atoms with Gasteiger partial charge in [-0.15, -0.1) is 0 Å². The van der Waals surface area contributed by atoms with Crippen molar-refractivity contribution in [2.45, 2.75) is 12.3 Å². The second-order valence-corrected chi connectivity index (χ2v) is 6.20. The molecule has 1 aromatic heterocycles. The third kappa shape index (κ3) is 2.23. The molecule has 1 heterocycles. The van der Waals surface area contributed by atoms with E-state index in [1.807, 2.05) is 17.9 Å². The van der Waals surface area contributed by atoms with E-state index >= 15 is 0 Å². The van der Waals surface area contributed by atoms with Crippen LogP contribution in [0.5, 0.6) is 0 Å². The van der Waals surface area contributed by atoms with E-state index in [9.17, 15) is 0 Å². The first-order valence-corrected chi connectivity index (χ1v) is 5.76. The second-order valence-electron chi connectivity index (χ2n) is 3.43. The molecular formula is C9H10Br2N2. The molecule has 2 nitrogen and oxygen atoms in total. The minimum atomic E-state index is 0.631. The SMILES string of the molecule is Cn1cnc([C@@H]2CC2C=C(Br)Br)c1. The second kappa shape index (κ2) is 3.58. The fourth-order valence-electron chi connectivity index (χ4n) is 1.53. The summed E-state index contributed by atoms with van der Waals surface area (Å²) in [6, 6.07) is 0. The zero-order valence-corrected chi connectivity index (χ0v) is 10.4. The average molecular weight is 306 g/mol. The van der Waals surface area contributed by atoms with E-state index < -0.39 is 0 Å². The lowest BCUT2D eigenvalue weighted by molar-refractivity contribution is 0.910. The Balaban J connectivity index is 2.04. The first kappa shape index (κ1) is 9.46. The van der Waals surface area contributed by atoms with E-state index in [0.29, 0.717) is 11.8 Å². The van der Waals surface area contributed by atoms with Gasteiger partial charge < -0.3 is 4.57 Å². The van der Waals surface area contributed by atoms with Gasteiger partial charge >= 0.3 is 0 Å². The van der Waals surface area contributed by atoms with Gasteiger partial charge in [0.2, 0.25) is 0 Å². The van der Waals surface area contributed by atoms with Crippen molar-refractivity contribution < 1.29 is 0 Å². The number of imidazole rings is 1. The predicted molar refractivity (Wildman–Crippen MR) is 60.0 cm³/mol. The molecule has 70 valence electrons. The number of allylic oxidation sites excluding steroid dienone is 1. The van der Waals surface area contributed by atoms with Crippen molar-refractivity contribution in [2.24, 2.45) is 13.0 Å². The summed E-state index contributed by atoms with van der Waals surface area (Å²) in [7, 11) is 2.00. The molecule has 0 saturated heterocycles. The van der Waals surface area contributed by atoms with Crippen molar-refractivity contribution in [3.8, 4) is 0 Å². The van der Waals surface area contributed by atoms with Gasteiger partial charge in [-0.1, -0.05) is 6.08 Å². The average Bonchev–Trinajstić information content (AvgIpc) is 2.63. The summed E-state index contributed by atoms with van der Waals surface area (Å²) in [6.45, 7) is 0. The highest BCUT2D eigenvalue weighted by atomic mass is 79.9. The van der Waals surface area contributed by atoms with E-state index in [0.717, 1.165) is 3.39 Å². The van der Waals surface area contributed by atoms with Crippen LogP contribution in [0.3, 0.4) is 0 Å². The molecule has 0 aliphatic heterocycles. The summed E-state index contributed by atoms with van der Waals surface area (Å²) in [4.78, 5) is 4.34. The Morgan fingerprint density at radius 3 is 3.00 bits per heavy atom. The minimum Gasteiger partial charge on any atom is -0.340 e. The van der Waals surface area contributed by atoms with Gasteiger partial charge in [0, 0.05) is 19.2 Å². The molecule has 0 spiro atoms.